The molecule has 8 nitrogen and oxygen atoms in total. The summed E-state index contributed by atoms with van der Waals surface area (Å²) in [5.41, 5.74) is 0.810. The van der Waals surface area contributed by atoms with Crippen LogP contribution < -0.4 is 5.32 Å². The molecule has 0 aliphatic rings. The quantitative estimate of drug-likeness (QED) is 0.354. The predicted molar refractivity (Wildman–Crippen MR) is 133 cm³/mol. The van der Waals surface area contributed by atoms with E-state index in [-0.39, 0.29) is 17.7 Å². The molecular weight excluding hydrogens is 488 g/mol. The monoisotopic (exact) mass is 514 g/mol. The lowest BCUT2D eigenvalue weighted by molar-refractivity contribution is -0.115. The number of benzene rings is 2. The summed E-state index contributed by atoms with van der Waals surface area (Å²) < 4.78 is 30.6. The molecule has 0 radical (unpaired) electrons. The number of pyridine rings is 1. The van der Waals surface area contributed by atoms with Crippen LogP contribution in [0.4, 0.5) is 5.69 Å². The summed E-state index contributed by atoms with van der Waals surface area (Å²) in [6.07, 6.45) is 2.36. The highest BCUT2D eigenvalue weighted by atomic mass is 32.2. The molecule has 0 saturated heterocycles. The summed E-state index contributed by atoms with van der Waals surface area (Å²) in [6, 6.07) is 16.1. The number of anilines is 1. The fourth-order valence-electron chi connectivity index (χ4n) is 3.12. The number of rotatable bonds is 12. The fourth-order valence-corrected chi connectivity index (χ4v) is 5.03. The maximum atomic E-state index is 12.9. The first kappa shape index (κ1) is 26.4. The van der Waals surface area contributed by atoms with Crippen LogP contribution in [0.2, 0.25) is 0 Å². The van der Waals surface area contributed by atoms with Crippen molar-refractivity contribution in [1.82, 2.24) is 4.98 Å². The Kier molecular flexibility index (Phi) is 9.83. The summed E-state index contributed by atoms with van der Waals surface area (Å²) in [7, 11) is -2.73. The lowest BCUT2D eigenvalue weighted by Gasteiger charge is -2.09. The second-order valence-electron chi connectivity index (χ2n) is 7.48. The number of ether oxygens (including phenoxy) is 1. The van der Waals surface area contributed by atoms with E-state index in [1.165, 1.54) is 18.3 Å². The second kappa shape index (κ2) is 13.0. The van der Waals surface area contributed by atoms with Crippen LogP contribution in [0, 0.1) is 0 Å². The van der Waals surface area contributed by atoms with Gasteiger partial charge < -0.3 is 15.2 Å². The number of carboxylic acid groups (broad SMARTS) is 1. The minimum atomic E-state index is -1.54. The number of hydrogen-bond donors (Lipinski definition) is 2. The van der Waals surface area contributed by atoms with Gasteiger partial charge in [0.1, 0.15) is 15.8 Å². The van der Waals surface area contributed by atoms with Crippen molar-refractivity contribution in [2.75, 3.05) is 24.3 Å². The van der Waals surface area contributed by atoms with Crippen molar-refractivity contribution < 1.29 is 27.9 Å². The van der Waals surface area contributed by atoms with E-state index in [0.717, 1.165) is 6.42 Å². The Hall–Kier alpha value is -3.21. The average Bonchev–Trinajstić information content (AvgIpc) is 2.87. The molecule has 0 aliphatic carbocycles. The smallest absolute Gasteiger partial charge is 0.337 e. The molecule has 0 fully saturated rings. The maximum absolute atomic E-state index is 12.9. The van der Waals surface area contributed by atoms with Gasteiger partial charge in [-0.3, -0.25) is 9.00 Å². The first-order chi connectivity index (χ1) is 16.9. The topological polar surface area (TPSA) is 123 Å². The zero-order chi connectivity index (χ0) is 25.2. The highest BCUT2D eigenvalue weighted by Gasteiger charge is 2.14. The van der Waals surface area contributed by atoms with Crippen LogP contribution in [0.1, 0.15) is 29.3 Å². The zero-order valence-electron chi connectivity index (χ0n) is 19.1. The minimum absolute atomic E-state index is 0.00407. The van der Waals surface area contributed by atoms with Crippen molar-refractivity contribution in [3.05, 3.63) is 78.0 Å². The number of carboxylic acids is 1. The summed E-state index contributed by atoms with van der Waals surface area (Å²) in [5.74, 6) is -1.12. The van der Waals surface area contributed by atoms with Gasteiger partial charge in [0, 0.05) is 22.6 Å². The maximum Gasteiger partial charge on any atom is 0.337 e. The molecule has 3 aromatic rings. The van der Waals surface area contributed by atoms with Gasteiger partial charge in [0.25, 0.3) is 0 Å². The molecule has 35 heavy (non-hydrogen) atoms. The van der Waals surface area contributed by atoms with E-state index in [1.807, 2.05) is 6.92 Å². The average molecular weight is 515 g/mol. The van der Waals surface area contributed by atoms with Crippen LogP contribution in [0.3, 0.4) is 0 Å². The van der Waals surface area contributed by atoms with Gasteiger partial charge in [-0.05, 0) is 54.4 Å². The molecule has 0 saturated carbocycles. The van der Waals surface area contributed by atoms with Crippen LogP contribution in [-0.4, -0.2) is 49.4 Å². The third-order valence-corrected chi connectivity index (χ3v) is 7.50. The Labute approximate surface area is 208 Å². The molecule has 3 rings (SSSR count). The van der Waals surface area contributed by atoms with Gasteiger partial charge in [-0.1, -0.05) is 25.1 Å². The zero-order valence-corrected chi connectivity index (χ0v) is 20.8. The van der Waals surface area contributed by atoms with Crippen LogP contribution >= 0.6 is 0 Å². The highest BCUT2D eigenvalue weighted by Crippen LogP contribution is 2.18. The standard InChI is InChI=1S/C25H26N2O6S2/c1-2-13-33-14-15-34(31)19-8-10-20(11-9-19)35(32)24-12-7-18(17-26-24)16-23(28)27-22-6-4-3-5-21(22)25(29)30/h3-12,17H,2,13-16H2,1H3,(H,27,28)(H,29,30). The lowest BCUT2D eigenvalue weighted by Crippen LogP contribution is -2.17. The Bertz CT molecular complexity index is 1210. The summed E-state index contributed by atoms with van der Waals surface area (Å²) >= 11 is 0. The van der Waals surface area contributed by atoms with Gasteiger partial charge in [0.05, 0.1) is 40.8 Å². The van der Waals surface area contributed by atoms with Gasteiger partial charge in [-0.15, -0.1) is 0 Å². The number of nitrogens with zero attached hydrogens (tertiary/aromatic N) is 1. The molecule has 0 spiro atoms. The van der Waals surface area contributed by atoms with E-state index in [4.69, 9.17) is 4.74 Å². The van der Waals surface area contributed by atoms with Crippen molar-refractivity contribution >= 4 is 39.2 Å². The van der Waals surface area contributed by atoms with Gasteiger partial charge in [0.2, 0.25) is 5.91 Å². The minimum Gasteiger partial charge on any atom is -0.478 e. The number of hydrogen-bond acceptors (Lipinski definition) is 6. The molecule has 1 amide bonds. The van der Waals surface area contributed by atoms with Gasteiger partial charge in [0.15, 0.2) is 0 Å². The SMILES string of the molecule is CCCOCCS(=O)c1ccc(S(=O)c2ccc(CC(=O)Nc3ccccc3C(=O)O)cn2)cc1. The van der Waals surface area contributed by atoms with E-state index in [2.05, 4.69) is 10.3 Å². The molecule has 10 heteroatoms. The van der Waals surface area contributed by atoms with Crippen LogP contribution in [0.25, 0.3) is 0 Å². The van der Waals surface area contributed by atoms with Crippen molar-refractivity contribution in [3.8, 4) is 0 Å². The van der Waals surface area contributed by atoms with Crippen LogP contribution in [0.15, 0.2) is 81.7 Å². The van der Waals surface area contributed by atoms with Crippen LogP contribution in [0.5, 0.6) is 0 Å². The van der Waals surface area contributed by atoms with E-state index < -0.39 is 33.5 Å². The summed E-state index contributed by atoms with van der Waals surface area (Å²) in [5, 5.41) is 12.2. The van der Waals surface area contributed by atoms with E-state index in [9.17, 15) is 23.1 Å². The molecule has 2 atom stereocenters. The van der Waals surface area contributed by atoms with E-state index >= 15 is 0 Å². The highest BCUT2D eigenvalue weighted by molar-refractivity contribution is 7.85. The number of aromatic nitrogens is 1. The molecule has 2 unspecified atom stereocenters. The second-order valence-corrected chi connectivity index (χ2v) is 10.5. The molecule has 0 aliphatic heterocycles. The van der Waals surface area contributed by atoms with Crippen molar-refractivity contribution in [1.29, 1.82) is 0 Å². The Morgan fingerprint density at radius 1 is 0.971 bits per heavy atom. The molecule has 0 bridgehead atoms. The van der Waals surface area contributed by atoms with E-state index in [1.54, 1.807) is 48.5 Å². The third-order valence-electron chi connectivity index (χ3n) is 4.85. The fraction of sp³-hybridized carbons (Fsp3) is 0.240. The molecular formula is C25H26N2O6S2. The lowest BCUT2D eigenvalue weighted by atomic mass is 10.1. The Morgan fingerprint density at radius 3 is 2.34 bits per heavy atom. The Morgan fingerprint density at radius 2 is 1.69 bits per heavy atom. The van der Waals surface area contributed by atoms with Crippen molar-refractivity contribution in [2.24, 2.45) is 0 Å². The summed E-state index contributed by atoms with van der Waals surface area (Å²) in [6.45, 7) is 3.08. The Balaban J connectivity index is 1.58. The third kappa shape index (κ3) is 7.64. The first-order valence-electron chi connectivity index (χ1n) is 10.9. The number of nitrogens with one attached hydrogen (secondary N) is 1. The normalized spacial score (nSPS) is 12.6. The van der Waals surface area contributed by atoms with Crippen molar-refractivity contribution in [2.45, 2.75) is 34.6 Å². The number of carbonyl (C=O) groups excluding carboxylic acids is 1. The van der Waals surface area contributed by atoms with Gasteiger partial charge in [-0.2, -0.15) is 0 Å². The van der Waals surface area contributed by atoms with Gasteiger partial charge >= 0.3 is 5.97 Å². The first-order valence-corrected chi connectivity index (χ1v) is 13.4. The summed E-state index contributed by atoms with van der Waals surface area (Å²) in [4.78, 5) is 29.0. The number of aromatic carboxylic acids is 1. The predicted octanol–water partition coefficient (Wildman–Crippen LogP) is 3.66. The molecule has 184 valence electrons. The molecule has 2 N–H and O–H groups in total. The van der Waals surface area contributed by atoms with Gasteiger partial charge in [-0.25, -0.2) is 14.0 Å². The molecule has 1 aromatic heterocycles. The molecule has 1 heterocycles. The van der Waals surface area contributed by atoms with Crippen LogP contribution in [-0.2, 0) is 37.6 Å². The number of carbonyl (C=O) groups is 2. The largest absolute Gasteiger partial charge is 0.478 e. The number of amides is 1. The van der Waals surface area contributed by atoms with E-state index in [0.29, 0.717) is 39.3 Å². The molecule has 2 aromatic carbocycles. The number of para-hydroxylation sites is 1. The van der Waals surface area contributed by atoms with Crippen molar-refractivity contribution in [3.63, 3.8) is 0 Å².